The van der Waals surface area contributed by atoms with Gasteiger partial charge < -0.3 is 4.74 Å². The summed E-state index contributed by atoms with van der Waals surface area (Å²) in [5.74, 6) is 0.937. The van der Waals surface area contributed by atoms with Gasteiger partial charge in [0.15, 0.2) is 0 Å². The summed E-state index contributed by atoms with van der Waals surface area (Å²) in [5.41, 5.74) is 0. The smallest absolute Gasteiger partial charge is 0.120 e. The van der Waals surface area contributed by atoms with Crippen LogP contribution in [-0.4, -0.2) is 30.6 Å². The maximum atomic E-state index is 5.80. The standard InChI is InChI=1S/C16H26BrNO/c1-4-5-6-10-18(14(2)3)11-12-19-16-9-7-8-15(17)13-16/h7-9,13-14H,4-6,10-12H2,1-3H3. The van der Waals surface area contributed by atoms with E-state index in [1.165, 1.54) is 25.8 Å². The molecule has 2 nitrogen and oxygen atoms in total. The molecule has 0 amide bonds. The Morgan fingerprint density at radius 3 is 2.63 bits per heavy atom. The van der Waals surface area contributed by atoms with Gasteiger partial charge in [-0.3, -0.25) is 4.90 Å². The van der Waals surface area contributed by atoms with Crippen molar-refractivity contribution in [2.75, 3.05) is 19.7 Å². The molecule has 0 N–H and O–H groups in total. The Morgan fingerprint density at radius 1 is 1.21 bits per heavy atom. The summed E-state index contributed by atoms with van der Waals surface area (Å²) in [6.07, 6.45) is 3.88. The van der Waals surface area contributed by atoms with Gasteiger partial charge in [0, 0.05) is 17.1 Å². The monoisotopic (exact) mass is 327 g/mol. The Hall–Kier alpha value is -0.540. The van der Waals surface area contributed by atoms with Gasteiger partial charge in [0.1, 0.15) is 12.4 Å². The summed E-state index contributed by atoms with van der Waals surface area (Å²) < 4.78 is 6.87. The van der Waals surface area contributed by atoms with Gasteiger partial charge >= 0.3 is 0 Å². The minimum atomic E-state index is 0.586. The van der Waals surface area contributed by atoms with Crippen molar-refractivity contribution in [1.29, 1.82) is 0 Å². The van der Waals surface area contributed by atoms with Crippen LogP contribution in [0.25, 0.3) is 0 Å². The molecule has 0 unspecified atom stereocenters. The van der Waals surface area contributed by atoms with Crippen LogP contribution in [0.15, 0.2) is 28.7 Å². The van der Waals surface area contributed by atoms with Crippen molar-refractivity contribution in [3.05, 3.63) is 28.7 Å². The molecule has 0 aromatic heterocycles. The van der Waals surface area contributed by atoms with Gasteiger partial charge in [0.2, 0.25) is 0 Å². The molecule has 0 bridgehead atoms. The molecule has 0 aliphatic carbocycles. The van der Waals surface area contributed by atoms with E-state index in [0.717, 1.165) is 23.4 Å². The number of ether oxygens (including phenoxy) is 1. The van der Waals surface area contributed by atoms with Crippen LogP contribution in [0.2, 0.25) is 0 Å². The summed E-state index contributed by atoms with van der Waals surface area (Å²) in [6, 6.07) is 8.61. The fourth-order valence-electron chi connectivity index (χ4n) is 2.03. The Balaban J connectivity index is 2.31. The molecular weight excluding hydrogens is 302 g/mol. The zero-order valence-corrected chi connectivity index (χ0v) is 13.9. The highest BCUT2D eigenvalue weighted by Gasteiger charge is 2.08. The van der Waals surface area contributed by atoms with E-state index in [4.69, 9.17) is 4.74 Å². The molecule has 108 valence electrons. The molecule has 1 aromatic rings. The van der Waals surface area contributed by atoms with Crippen molar-refractivity contribution < 1.29 is 4.74 Å². The molecule has 0 heterocycles. The van der Waals surface area contributed by atoms with Gasteiger partial charge in [-0.1, -0.05) is 41.8 Å². The van der Waals surface area contributed by atoms with Crippen LogP contribution in [-0.2, 0) is 0 Å². The summed E-state index contributed by atoms with van der Waals surface area (Å²) >= 11 is 3.46. The molecule has 0 aliphatic rings. The maximum absolute atomic E-state index is 5.80. The van der Waals surface area contributed by atoms with E-state index in [1.54, 1.807) is 0 Å². The molecule has 1 aromatic carbocycles. The molecule has 0 radical (unpaired) electrons. The van der Waals surface area contributed by atoms with Crippen LogP contribution < -0.4 is 4.74 Å². The van der Waals surface area contributed by atoms with Crippen LogP contribution in [0.3, 0.4) is 0 Å². The Morgan fingerprint density at radius 2 is 2.00 bits per heavy atom. The SMILES string of the molecule is CCCCCN(CCOc1cccc(Br)c1)C(C)C. The van der Waals surface area contributed by atoms with Gasteiger partial charge in [0.25, 0.3) is 0 Å². The second kappa shape index (κ2) is 9.38. The first kappa shape index (κ1) is 16.5. The summed E-state index contributed by atoms with van der Waals surface area (Å²) in [6.45, 7) is 9.67. The van der Waals surface area contributed by atoms with Crippen LogP contribution in [0.4, 0.5) is 0 Å². The topological polar surface area (TPSA) is 12.5 Å². The van der Waals surface area contributed by atoms with Crippen LogP contribution in [0.1, 0.15) is 40.0 Å². The third-order valence-electron chi connectivity index (χ3n) is 3.22. The van der Waals surface area contributed by atoms with E-state index in [-0.39, 0.29) is 0 Å². The fourth-order valence-corrected chi connectivity index (χ4v) is 2.41. The van der Waals surface area contributed by atoms with Gasteiger partial charge in [-0.15, -0.1) is 0 Å². The second-order valence-corrected chi connectivity index (χ2v) is 6.06. The van der Waals surface area contributed by atoms with Crippen LogP contribution in [0.5, 0.6) is 5.75 Å². The van der Waals surface area contributed by atoms with Crippen molar-refractivity contribution in [1.82, 2.24) is 4.90 Å². The highest BCUT2D eigenvalue weighted by Crippen LogP contribution is 2.17. The number of halogens is 1. The van der Waals surface area contributed by atoms with Gasteiger partial charge in [-0.25, -0.2) is 0 Å². The highest BCUT2D eigenvalue weighted by atomic mass is 79.9. The molecule has 1 rings (SSSR count). The molecule has 0 aliphatic heterocycles. The lowest BCUT2D eigenvalue weighted by atomic mass is 10.2. The number of rotatable bonds is 9. The molecule has 0 spiro atoms. The molecule has 0 fully saturated rings. The van der Waals surface area contributed by atoms with Crippen molar-refractivity contribution in [3.63, 3.8) is 0 Å². The third kappa shape index (κ3) is 6.98. The van der Waals surface area contributed by atoms with Gasteiger partial charge in [0.05, 0.1) is 0 Å². The van der Waals surface area contributed by atoms with E-state index in [2.05, 4.69) is 41.6 Å². The first-order valence-corrected chi connectivity index (χ1v) is 8.05. The predicted molar refractivity (Wildman–Crippen MR) is 85.9 cm³/mol. The molecule has 3 heteroatoms. The zero-order valence-electron chi connectivity index (χ0n) is 12.4. The normalized spacial score (nSPS) is 11.3. The summed E-state index contributed by atoms with van der Waals surface area (Å²) in [5, 5.41) is 0. The minimum Gasteiger partial charge on any atom is -0.492 e. The van der Waals surface area contributed by atoms with Crippen LogP contribution >= 0.6 is 15.9 Å². The van der Waals surface area contributed by atoms with Crippen LogP contribution in [0, 0.1) is 0 Å². The first-order valence-electron chi connectivity index (χ1n) is 7.26. The Labute approximate surface area is 126 Å². The largest absolute Gasteiger partial charge is 0.492 e. The highest BCUT2D eigenvalue weighted by molar-refractivity contribution is 9.10. The molecule has 0 saturated heterocycles. The summed E-state index contributed by atoms with van der Waals surface area (Å²) in [7, 11) is 0. The van der Waals surface area contributed by atoms with Crippen molar-refractivity contribution >= 4 is 15.9 Å². The molecule has 0 atom stereocenters. The quantitative estimate of drug-likeness (QED) is 0.608. The number of hydrogen-bond donors (Lipinski definition) is 0. The molecular formula is C16H26BrNO. The van der Waals surface area contributed by atoms with Crippen molar-refractivity contribution in [2.24, 2.45) is 0 Å². The van der Waals surface area contributed by atoms with Gasteiger partial charge in [-0.2, -0.15) is 0 Å². The fraction of sp³-hybridized carbons (Fsp3) is 0.625. The molecule has 19 heavy (non-hydrogen) atoms. The number of nitrogens with zero attached hydrogens (tertiary/aromatic N) is 1. The van der Waals surface area contributed by atoms with Crippen molar-refractivity contribution in [3.8, 4) is 5.75 Å². The predicted octanol–water partition coefficient (Wildman–Crippen LogP) is 4.73. The molecule has 0 saturated carbocycles. The number of hydrogen-bond acceptors (Lipinski definition) is 2. The minimum absolute atomic E-state index is 0.586. The average Bonchev–Trinajstić information content (AvgIpc) is 2.37. The average molecular weight is 328 g/mol. The van der Waals surface area contributed by atoms with E-state index < -0.39 is 0 Å². The van der Waals surface area contributed by atoms with Gasteiger partial charge in [-0.05, 0) is 45.0 Å². The lowest BCUT2D eigenvalue weighted by Crippen LogP contribution is -2.35. The van der Waals surface area contributed by atoms with E-state index in [9.17, 15) is 0 Å². The Bertz CT molecular complexity index is 354. The number of unbranched alkanes of at least 4 members (excludes halogenated alkanes) is 2. The number of benzene rings is 1. The van der Waals surface area contributed by atoms with Crippen molar-refractivity contribution in [2.45, 2.75) is 46.1 Å². The Kier molecular flexibility index (Phi) is 8.15. The first-order chi connectivity index (χ1) is 9.13. The van der Waals surface area contributed by atoms with E-state index in [1.807, 2.05) is 24.3 Å². The van der Waals surface area contributed by atoms with E-state index >= 15 is 0 Å². The lowest BCUT2D eigenvalue weighted by molar-refractivity contribution is 0.173. The lowest BCUT2D eigenvalue weighted by Gasteiger charge is -2.26. The second-order valence-electron chi connectivity index (χ2n) is 5.14. The summed E-state index contributed by atoms with van der Waals surface area (Å²) in [4.78, 5) is 2.49. The third-order valence-corrected chi connectivity index (χ3v) is 3.72. The maximum Gasteiger partial charge on any atom is 0.120 e. The van der Waals surface area contributed by atoms with E-state index in [0.29, 0.717) is 6.04 Å². The zero-order chi connectivity index (χ0) is 14.1.